The van der Waals surface area contributed by atoms with Gasteiger partial charge in [0.05, 0.1) is 16.1 Å². The van der Waals surface area contributed by atoms with E-state index in [0.29, 0.717) is 17.4 Å². The molecule has 0 radical (unpaired) electrons. The van der Waals surface area contributed by atoms with Crippen LogP contribution in [0.1, 0.15) is 17.3 Å². The van der Waals surface area contributed by atoms with Gasteiger partial charge >= 0.3 is 0 Å². The summed E-state index contributed by atoms with van der Waals surface area (Å²) in [5.74, 6) is -2.79. The SMILES string of the molecule is O=C(NO)C1c2c([nH]n(-c3ccccc3)c2=O)CCN1S(=O)(=O)c1ccc(Oc2cc(F)cc(F)c2)cc1. The topological polar surface area (TPSA) is 134 Å². The van der Waals surface area contributed by atoms with Crippen molar-refractivity contribution in [2.24, 2.45) is 0 Å². The second-order valence-electron chi connectivity index (χ2n) is 8.40. The Balaban J connectivity index is 1.49. The smallest absolute Gasteiger partial charge is 0.276 e. The van der Waals surface area contributed by atoms with E-state index in [1.165, 1.54) is 34.4 Å². The Labute approximate surface area is 214 Å². The fourth-order valence-electron chi connectivity index (χ4n) is 4.34. The second kappa shape index (κ2) is 9.85. The van der Waals surface area contributed by atoms with E-state index < -0.39 is 39.2 Å². The molecule has 2 heterocycles. The quantitative estimate of drug-likeness (QED) is 0.253. The van der Waals surface area contributed by atoms with Gasteiger partial charge in [-0.05, 0) is 36.4 Å². The number of aromatic amines is 1. The molecule has 0 saturated heterocycles. The number of halogens is 2. The van der Waals surface area contributed by atoms with Crippen molar-refractivity contribution < 1.29 is 31.9 Å². The van der Waals surface area contributed by atoms with Crippen molar-refractivity contribution >= 4 is 15.9 Å². The Morgan fingerprint density at radius 3 is 2.29 bits per heavy atom. The Morgan fingerprint density at radius 1 is 1.00 bits per heavy atom. The molecule has 1 aromatic heterocycles. The normalized spacial score (nSPS) is 15.6. The zero-order valence-electron chi connectivity index (χ0n) is 19.5. The molecule has 0 saturated carbocycles. The lowest BCUT2D eigenvalue weighted by Gasteiger charge is -2.32. The van der Waals surface area contributed by atoms with Gasteiger partial charge in [0.1, 0.15) is 29.2 Å². The number of H-pyrrole nitrogens is 1. The van der Waals surface area contributed by atoms with Crippen LogP contribution in [0.25, 0.3) is 5.69 Å². The van der Waals surface area contributed by atoms with Gasteiger partial charge in [-0.1, -0.05) is 18.2 Å². The summed E-state index contributed by atoms with van der Waals surface area (Å²) in [5, 5.41) is 12.3. The number of hydroxylamine groups is 1. The van der Waals surface area contributed by atoms with Crippen molar-refractivity contribution in [1.29, 1.82) is 0 Å². The molecule has 1 amide bonds. The van der Waals surface area contributed by atoms with Crippen molar-refractivity contribution in [3.63, 3.8) is 0 Å². The molecule has 1 unspecified atom stereocenters. The second-order valence-corrected chi connectivity index (χ2v) is 10.3. The number of amides is 1. The highest BCUT2D eigenvalue weighted by Gasteiger charge is 2.43. The summed E-state index contributed by atoms with van der Waals surface area (Å²) in [6, 6.07) is 14.5. The number of carbonyl (C=O) groups excluding carboxylic acids is 1. The number of fused-ring (bicyclic) bond motifs is 1. The van der Waals surface area contributed by atoms with Crippen LogP contribution in [0, 0.1) is 11.6 Å². The molecule has 3 aromatic carbocycles. The molecule has 0 aliphatic carbocycles. The van der Waals surface area contributed by atoms with E-state index in [1.54, 1.807) is 30.3 Å². The molecule has 38 heavy (non-hydrogen) atoms. The molecular weight excluding hydrogens is 522 g/mol. The van der Waals surface area contributed by atoms with Gasteiger partial charge in [-0.3, -0.25) is 19.9 Å². The van der Waals surface area contributed by atoms with E-state index in [2.05, 4.69) is 5.10 Å². The number of benzene rings is 3. The lowest BCUT2D eigenvalue weighted by Crippen LogP contribution is -2.48. The van der Waals surface area contributed by atoms with Crippen LogP contribution < -0.4 is 15.8 Å². The number of rotatable bonds is 6. The molecule has 13 heteroatoms. The molecule has 0 bridgehead atoms. The summed E-state index contributed by atoms with van der Waals surface area (Å²) in [6.45, 7) is -0.164. The highest BCUT2D eigenvalue weighted by molar-refractivity contribution is 7.89. The van der Waals surface area contributed by atoms with E-state index >= 15 is 0 Å². The third kappa shape index (κ3) is 4.58. The maximum atomic E-state index is 13.6. The maximum Gasteiger partial charge on any atom is 0.276 e. The predicted molar refractivity (Wildman–Crippen MR) is 130 cm³/mol. The average Bonchev–Trinajstić information content (AvgIpc) is 3.24. The summed E-state index contributed by atoms with van der Waals surface area (Å²) in [5.41, 5.74) is 1.57. The molecule has 196 valence electrons. The number of ether oxygens (including phenoxy) is 1. The minimum absolute atomic E-state index is 0.102. The molecule has 1 atom stereocenters. The largest absolute Gasteiger partial charge is 0.457 e. The first-order chi connectivity index (χ1) is 18.2. The number of carbonyl (C=O) groups is 1. The Hall–Kier alpha value is -4.33. The molecular formula is C25H20F2N4O6S. The lowest BCUT2D eigenvalue weighted by molar-refractivity contribution is -0.133. The van der Waals surface area contributed by atoms with E-state index in [1.807, 2.05) is 0 Å². The molecule has 5 rings (SSSR count). The van der Waals surface area contributed by atoms with Gasteiger partial charge in [0.2, 0.25) is 10.0 Å². The van der Waals surface area contributed by atoms with Crippen LogP contribution in [0.4, 0.5) is 8.78 Å². The summed E-state index contributed by atoms with van der Waals surface area (Å²) in [7, 11) is -4.36. The first-order valence-corrected chi connectivity index (χ1v) is 12.7. The third-order valence-corrected chi connectivity index (χ3v) is 7.90. The standard InChI is InChI=1S/C25H20F2N4O6S/c26-15-12-16(27)14-19(13-15)37-18-6-8-20(9-7-18)38(35,36)30-11-10-21-22(23(30)24(32)29-34)25(33)31(28-21)17-4-2-1-3-5-17/h1-9,12-14,23,28,34H,10-11H2,(H,29,32). The van der Waals surface area contributed by atoms with Crippen LogP contribution in [0.15, 0.2) is 82.5 Å². The van der Waals surface area contributed by atoms with E-state index in [9.17, 15) is 32.0 Å². The molecule has 0 fully saturated rings. The zero-order chi connectivity index (χ0) is 27.0. The van der Waals surface area contributed by atoms with E-state index in [4.69, 9.17) is 4.74 Å². The predicted octanol–water partition coefficient (Wildman–Crippen LogP) is 3.03. The number of nitrogens with one attached hydrogen (secondary N) is 2. The van der Waals surface area contributed by atoms with Gasteiger partial charge in [0.15, 0.2) is 0 Å². The number of nitrogens with zero attached hydrogens (tertiary/aromatic N) is 2. The van der Waals surface area contributed by atoms with Crippen LogP contribution >= 0.6 is 0 Å². The number of hydrogen-bond donors (Lipinski definition) is 3. The third-order valence-electron chi connectivity index (χ3n) is 6.02. The molecule has 10 nitrogen and oxygen atoms in total. The first-order valence-electron chi connectivity index (χ1n) is 11.3. The Kier molecular flexibility index (Phi) is 6.57. The van der Waals surface area contributed by atoms with Crippen molar-refractivity contribution in [3.8, 4) is 17.2 Å². The lowest BCUT2D eigenvalue weighted by atomic mass is 10.0. The molecule has 3 N–H and O–H groups in total. The summed E-state index contributed by atoms with van der Waals surface area (Å²) in [6.07, 6.45) is 0.102. The monoisotopic (exact) mass is 542 g/mol. The Bertz CT molecular complexity index is 1650. The highest BCUT2D eigenvalue weighted by atomic mass is 32.2. The maximum absolute atomic E-state index is 13.6. The van der Waals surface area contributed by atoms with Crippen molar-refractivity contribution in [2.75, 3.05) is 6.54 Å². The van der Waals surface area contributed by atoms with Gasteiger partial charge in [-0.2, -0.15) is 4.31 Å². The molecule has 4 aromatic rings. The van der Waals surface area contributed by atoms with Gasteiger partial charge < -0.3 is 4.74 Å². The van der Waals surface area contributed by atoms with Crippen LogP contribution in [0.3, 0.4) is 0 Å². The van der Waals surface area contributed by atoms with Crippen molar-refractivity contribution in [3.05, 3.63) is 106 Å². The minimum atomic E-state index is -4.36. The number of hydrogen-bond acceptors (Lipinski definition) is 6. The molecule has 1 aliphatic rings. The molecule has 0 spiro atoms. The van der Waals surface area contributed by atoms with Crippen LogP contribution in [-0.2, 0) is 21.2 Å². The average molecular weight is 543 g/mol. The fraction of sp³-hybridized carbons (Fsp3) is 0.120. The van der Waals surface area contributed by atoms with Crippen molar-refractivity contribution in [1.82, 2.24) is 19.6 Å². The minimum Gasteiger partial charge on any atom is -0.457 e. The van der Waals surface area contributed by atoms with E-state index in [0.717, 1.165) is 16.4 Å². The van der Waals surface area contributed by atoms with Gasteiger partial charge in [-0.15, -0.1) is 0 Å². The fourth-order valence-corrected chi connectivity index (χ4v) is 5.90. The van der Waals surface area contributed by atoms with Gasteiger partial charge in [-0.25, -0.2) is 27.4 Å². The number of para-hydroxylation sites is 1. The first kappa shape index (κ1) is 25.3. The summed E-state index contributed by atoms with van der Waals surface area (Å²) in [4.78, 5) is 25.8. The van der Waals surface area contributed by atoms with E-state index in [-0.39, 0.29) is 34.9 Å². The highest BCUT2D eigenvalue weighted by Crippen LogP contribution is 2.33. The Morgan fingerprint density at radius 2 is 1.66 bits per heavy atom. The van der Waals surface area contributed by atoms with Gasteiger partial charge in [0, 0.05) is 36.9 Å². The zero-order valence-corrected chi connectivity index (χ0v) is 20.3. The van der Waals surface area contributed by atoms with Crippen LogP contribution in [-0.4, -0.2) is 40.2 Å². The van der Waals surface area contributed by atoms with Crippen LogP contribution in [0.5, 0.6) is 11.5 Å². The number of sulfonamides is 1. The van der Waals surface area contributed by atoms with Crippen molar-refractivity contribution in [2.45, 2.75) is 17.4 Å². The van der Waals surface area contributed by atoms with Gasteiger partial charge in [0.25, 0.3) is 11.5 Å². The van der Waals surface area contributed by atoms with Crippen LogP contribution in [0.2, 0.25) is 0 Å². The molecule has 1 aliphatic heterocycles. The summed E-state index contributed by atoms with van der Waals surface area (Å²) < 4.78 is 61.5. The summed E-state index contributed by atoms with van der Waals surface area (Å²) >= 11 is 0. The number of aromatic nitrogens is 2.